The first-order valence-corrected chi connectivity index (χ1v) is 3.92. The van der Waals surface area contributed by atoms with Crippen LogP contribution in [0.3, 0.4) is 0 Å². The van der Waals surface area contributed by atoms with E-state index in [4.69, 9.17) is 27.9 Å². The van der Waals surface area contributed by atoms with Crippen LogP contribution in [0.2, 0.25) is 5.02 Å². The summed E-state index contributed by atoms with van der Waals surface area (Å²) >= 11 is 5.83. The molecule has 0 aliphatic carbocycles. The van der Waals surface area contributed by atoms with Crippen molar-refractivity contribution in [3.05, 3.63) is 28.3 Å². The average molecular weight is 192 g/mol. The fraction of sp³-hybridized carbons (Fsp3) is 0.111. The van der Waals surface area contributed by atoms with Gasteiger partial charge in [0.05, 0.1) is 34.8 Å². The summed E-state index contributed by atoms with van der Waals surface area (Å²) in [5, 5.41) is 17.5. The van der Waals surface area contributed by atoms with Crippen LogP contribution in [0.1, 0.15) is 11.1 Å². The standard InChI is InChI=1S/C9H6ClN3/c10-9-7(3-4-11)6(5-12)1-2-8(9)13/h1-2H,3,13H2. The van der Waals surface area contributed by atoms with Gasteiger partial charge in [0.15, 0.2) is 0 Å². The number of nitrogen functional groups attached to an aromatic ring is 1. The Morgan fingerprint density at radius 1 is 1.38 bits per heavy atom. The molecule has 1 aromatic carbocycles. The Kier molecular flexibility index (Phi) is 2.74. The van der Waals surface area contributed by atoms with Crippen molar-refractivity contribution < 1.29 is 0 Å². The summed E-state index contributed by atoms with van der Waals surface area (Å²) in [5.41, 5.74) is 6.83. The van der Waals surface area contributed by atoms with Crippen LogP contribution in [0.4, 0.5) is 5.69 Å². The lowest BCUT2D eigenvalue weighted by atomic mass is 10.1. The van der Waals surface area contributed by atoms with E-state index in [1.165, 1.54) is 0 Å². The van der Waals surface area contributed by atoms with E-state index in [0.717, 1.165) is 0 Å². The number of hydrogen-bond acceptors (Lipinski definition) is 3. The van der Waals surface area contributed by atoms with Crippen molar-refractivity contribution >= 4 is 17.3 Å². The molecule has 64 valence electrons. The molecule has 0 fully saturated rings. The molecule has 0 aliphatic heterocycles. The molecule has 0 spiro atoms. The summed E-state index contributed by atoms with van der Waals surface area (Å²) in [6, 6.07) is 7.01. The first-order valence-electron chi connectivity index (χ1n) is 3.54. The Hall–Kier alpha value is -1.71. The SMILES string of the molecule is N#CCc1c(C#N)ccc(N)c1Cl. The second-order valence-corrected chi connectivity index (χ2v) is 2.82. The number of rotatable bonds is 1. The van der Waals surface area contributed by atoms with Gasteiger partial charge in [0.1, 0.15) is 0 Å². The van der Waals surface area contributed by atoms with Crippen molar-refractivity contribution in [2.75, 3.05) is 5.73 Å². The van der Waals surface area contributed by atoms with Gasteiger partial charge in [-0.15, -0.1) is 0 Å². The van der Waals surface area contributed by atoms with Gasteiger partial charge in [-0.05, 0) is 12.1 Å². The number of anilines is 1. The van der Waals surface area contributed by atoms with E-state index in [0.29, 0.717) is 21.8 Å². The molecule has 3 nitrogen and oxygen atoms in total. The number of halogens is 1. The van der Waals surface area contributed by atoms with Crippen LogP contribution in [0.15, 0.2) is 12.1 Å². The average Bonchev–Trinajstić information content (AvgIpc) is 2.14. The summed E-state index contributed by atoms with van der Waals surface area (Å²) in [5.74, 6) is 0. The molecule has 0 amide bonds. The van der Waals surface area contributed by atoms with E-state index in [1.54, 1.807) is 12.1 Å². The molecule has 1 rings (SSSR count). The minimum atomic E-state index is 0.104. The molecule has 1 aromatic rings. The van der Waals surface area contributed by atoms with Gasteiger partial charge in [-0.3, -0.25) is 0 Å². The molecule has 0 atom stereocenters. The highest BCUT2D eigenvalue weighted by Gasteiger charge is 2.08. The normalized spacial score (nSPS) is 8.85. The molecule has 0 bridgehead atoms. The van der Waals surface area contributed by atoms with Crippen LogP contribution in [0.25, 0.3) is 0 Å². The number of benzene rings is 1. The van der Waals surface area contributed by atoms with E-state index < -0.39 is 0 Å². The molecule has 2 N–H and O–H groups in total. The van der Waals surface area contributed by atoms with E-state index in [9.17, 15) is 0 Å². The summed E-state index contributed by atoms with van der Waals surface area (Å²) in [6.07, 6.45) is 0.104. The van der Waals surface area contributed by atoms with Gasteiger partial charge in [-0.2, -0.15) is 10.5 Å². The van der Waals surface area contributed by atoms with Gasteiger partial charge in [0.2, 0.25) is 0 Å². The molecule has 0 saturated carbocycles. The summed E-state index contributed by atoms with van der Waals surface area (Å²) < 4.78 is 0. The predicted molar refractivity (Wildman–Crippen MR) is 49.9 cm³/mol. The molecular formula is C9H6ClN3. The highest BCUT2D eigenvalue weighted by molar-refractivity contribution is 6.34. The Morgan fingerprint density at radius 2 is 2.08 bits per heavy atom. The molecule has 0 aliphatic rings. The fourth-order valence-corrected chi connectivity index (χ4v) is 1.23. The van der Waals surface area contributed by atoms with Crippen LogP contribution in [0.5, 0.6) is 0 Å². The van der Waals surface area contributed by atoms with Crippen molar-refractivity contribution in [1.82, 2.24) is 0 Å². The predicted octanol–water partition coefficient (Wildman–Crippen LogP) is 1.86. The zero-order chi connectivity index (χ0) is 9.84. The monoisotopic (exact) mass is 191 g/mol. The zero-order valence-corrected chi connectivity index (χ0v) is 7.47. The maximum Gasteiger partial charge on any atom is 0.0995 e. The summed E-state index contributed by atoms with van der Waals surface area (Å²) in [4.78, 5) is 0. The van der Waals surface area contributed by atoms with Crippen molar-refractivity contribution in [2.24, 2.45) is 0 Å². The highest BCUT2D eigenvalue weighted by Crippen LogP contribution is 2.26. The molecule has 4 heteroatoms. The summed E-state index contributed by atoms with van der Waals surface area (Å²) in [6.45, 7) is 0. The van der Waals surface area contributed by atoms with Gasteiger partial charge in [0.25, 0.3) is 0 Å². The van der Waals surface area contributed by atoms with Crippen molar-refractivity contribution in [3.8, 4) is 12.1 Å². The molecule has 0 radical (unpaired) electrons. The molecular weight excluding hydrogens is 186 g/mol. The third-order valence-electron chi connectivity index (χ3n) is 1.65. The molecule has 0 heterocycles. The smallest absolute Gasteiger partial charge is 0.0995 e. The third-order valence-corrected chi connectivity index (χ3v) is 2.10. The minimum absolute atomic E-state index is 0.104. The van der Waals surface area contributed by atoms with E-state index in [-0.39, 0.29) is 6.42 Å². The van der Waals surface area contributed by atoms with Gasteiger partial charge in [-0.1, -0.05) is 11.6 Å². The fourth-order valence-electron chi connectivity index (χ4n) is 0.996. The second kappa shape index (κ2) is 3.80. The van der Waals surface area contributed by atoms with E-state index >= 15 is 0 Å². The Morgan fingerprint density at radius 3 is 2.62 bits per heavy atom. The van der Waals surface area contributed by atoms with Crippen LogP contribution in [-0.2, 0) is 6.42 Å². The van der Waals surface area contributed by atoms with Crippen molar-refractivity contribution in [3.63, 3.8) is 0 Å². The maximum absolute atomic E-state index is 8.70. The lowest BCUT2D eigenvalue weighted by Crippen LogP contribution is -1.95. The van der Waals surface area contributed by atoms with Gasteiger partial charge < -0.3 is 5.73 Å². The number of nitriles is 2. The van der Waals surface area contributed by atoms with E-state index in [2.05, 4.69) is 0 Å². The molecule has 0 unspecified atom stereocenters. The second-order valence-electron chi connectivity index (χ2n) is 2.44. The maximum atomic E-state index is 8.70. The van der Waals surface area contributed by atoms with Crippen molar-refractivity contribution in [1.29, 1.82) is 10.5 Å². The van der Waals surface area contributed by atoms with Crippen LogP contribution < -0.4 is 5.73 Å². The van der Waals surface area contributed by atoms with Crippen LogP contribution in [-0.4, -0.2) is 0 Å². The number of nitrogens with zero attached hydrogens (tertiary/aromatic N) is 2. The van der Waals surface area contributed by atoms with Gasteiger partial charge in [0, 0.05) is 5.56 Å². The minimum Gasteiger partial charge on any atom is -0.398 e. The topological polar surface area (TPSA) is 73.6 Å². The molecule has 0 saturated heterocycles. The summed E-state index contributed by atoms with van der Waals surface area (Å²) in [7, 11) is 0. The van der Waals surface area contributed by atoms with Gasteiger partial charge >= 0.3 is 0 Å². The Labute approximate surface area is 81.0 Å². The van der Waals surface area contributed by atoms with E-state index in [1.807, 2.05) is 12.1 Å². The van der Waals surface area contributed by atoms with Crippen LogP contribution >= 0.6 is 11.6 Å². The lowest BCUT2D eigenvalue weighted by Gasteiger charge is -2.04. The molecule has 0 aromatic heterocycles. The quantitative estimate of drug-likeness (QED) is 0.689. The third kappa shape index (κ3) is 1.72. The molecule has 13 heavy (non-hydrogen) atoms. The Balaban J connectivity index is 3.36. The first-order chi connectivity index (χ1) is 6.20. The van der Waals surface area contributed by atoms with Crippen molar-refractivity contribution in [2.45, 2.75) is 6.42 Å². The van der Waals surface area contributed by atoms with Crippen LogP contribution in [0, 0.1) is 22.7 Å². The number of nitrogens with two attached hydrogens (primary N) is 1. The largest absolute Gasteiger partial charge is 0.398 e. The van der Waals surface area contributed by atoms with Gasteiger partial charge in [-0.25, -0.2) is 0 Å². The highest BCUT2D eigenvalue weighted by atomic mass is 35.5. The first kappa shape index (κ1) is 9.38. The Bertz CT molecular complexity index is 412. The lowest BCUT2D eigenvalue weighted by molar-refractivity contribution is 1.24. The number of hydrogen-bond donors (Lipinski definition) is 1. The zero-order valence-electron chi connectivity index (χ0n) is 6.71.